The maximum absolute atomic E-state index is 13.5. The number of pyridine rings is 1. The van der Waals surface area contributed by atoms with E-state index in [0.717, 1.165) is 6.07 Å². The third-order valence-corrected chi connectivity index (χ3v) is 2.12. The summed E-state index contributed by atoms with van der Waals surface area (Å²) in [4.78, 5) is 3.80. The molecule has 1 aromatic rings. The lowest BCUT2D eigenvalue weighted by Crippen LogP contribution is -2.20. The number of halogens is 2. The second kappa shape index (κ2) is 4.67. The molecule has 0 saturated heterocycles. The molecule has 1 N–H and O–H groups in total. The molecule has 86 valence electrons. The van der Waals surface area contributed by atoms with E-state index in [4.69, 9.17) is 16.9 Å². The van der Waals surface area contributed by atoms with Crippen LogP contribution in [0.3, 0.4) is 0 Å². The van der Waals surface area contributed by atoms with Crippen molar-refractivity contribution in [1.29, 1.82) is 5.26 Å². The maximum atomic E-state index is 13.5. The van der Waals surface area contributed by atoms with E-state index in [1.807, 2.05) is 20.8 Å². The van der Waals surface area contributed by atoms with Crippen LogP contribution in [-0.2, 0) is 0 Å². The van der Waals surface area contributed by atoms with Gasteiger partial charge in [0.05, 0.1) is 5.56 Å². The average molecular weight is 242 g/mol. The first-order valence-corrected chi connectivity index (χ1v) is 5.21. The predicted octanol–water partition coefficient (Wildman–Crippen LogP) is 3.20. The molecule has 0 bridgehead atoms. The minimum atomic E-state index is -0.565. The molecule has 16 heavy (non-hydrogen) atoms. The molecule has 0 unspecified atom stereocenters. The quantitative estimate of drug-likeness (QED) is 0.809. The molecule has 0 aliphatic heterocycles. The van der Waals surface area contributed by atoms with Crippen LogP contribution in [-0.4, -0.2) is 11.5 Å². The van der Waals surface area contributed by atoms with Crippen molar-refractivity contribution in [2.75, 3.05) is 11.9 Å². The summed E-state index contributed by atoms with van der Waals surface area (Å²) in [6.45, 7) is 6.62. The van der Waals surface area contributed by atoms with E-state index in [-0.39, 0.29) is 21.9 Å². The van der Waals surface area contributed by atoms with Crippen molar-refractivity contribution in [3.8, 4) is 6.07 Å². The lowest BCUT2D eigenvalue weighted by atomic mass is 9.97. The van der Waals surface area contributed by atoms with Gasteiger partial charge in [-0.1, -0.05) is 32.4 Å². The van der Waals surface area contributed by atoms with Crippen LogP contribution in [0.15, 0.2) is 6.07 Å². The highest BCUT2D eigenvalue weighted by molar-refractivity contribution is 6.30. The minimum absolute atomic E-state index is 0.00843. The van der Waals surface area contributed by atoms with Gasteiger partial charge >= 0.3 is 0 Å². The van der Waals surface area contributed by atoms with Gasteiger partial charge in [0.25, 0.3) is 0 Å². The molecule has 0 aliphatic carbocycles. The Labute approximate surface area is 99.3 Å². The normalized spacial score (nSPS) is 11.0. The van der Waals surface area contributed by atoms with Crippen molar-refractivity contribution in [2.45, 2.75) is 20.8 Å². The summed E-state index contributed by atoms with van der Waals surface area (Å²) in [6.07, 6.45) is 0. The van der Waals surface area contributed by atoms with E-state index < -0.39 is 5.82 Å². The second-order valence-corrected chi connectivity index (χ2v) is 5.04. The number of nitrogens with zero attached hydrogens (tertiary/aromatic N) is 2. The molecule has 0 saturated carbocycles. The topological polar surface area (TPSA) is 48.7 Å². The molecule has 0 spiro atoms. The van der Waals surface area contributed by atoms with Gasteiger partial charge in [0, 0.05) is 6.54 Å². The molecule has 5 heteroatoms. The average Bonchev–Trinajstić information content (AvgIpc) is 2.17. The molecule has 0 aromatic carbocycles. The fourth-order valence-corrected chi connectivity index (χ4v) is 1.20. The summed E-state index contributed by atoms with van der Waals surface area (Å²) >= 11 is 5.71. The highest BCUT2D eigenvalue weighted by Crippen LogP contribution is 2.21. The van der Waals surface area contributed by atoms with Gasteiger partial charge < -0.3 is 5.32 Å². The van der Waals surface area contributed by atoms with Gasteiger partial charge in [-0.05, 0) is 11.5 Å². The Morgan fingerprint density at radius 3 is 2.69 bits per heavy atom. The molecule has 0 atom stereocenters. The van der Waals surface area contributed by atoms with Crippen LogP contribution in [0.25, 0.3) is 0 Å². The number of hydrogen-bond acceptors (Lipinski definition) is 3. The fraction of sp³-hybridized carbons (Fsp3) is 0.455. The Morgan fingerprint density at radius 2 is 2.19 bits per heavy atom. The van der Waals surface area contributed by atoms with Gasteiger partial charge in [-0.2, -0.15) is 5.26 Å². The number of rotatable bonds is 2. The van der Waals surface area contributed by atoms with Gasteiger partial charge in [-0.3, -0.25) is 0 Å². The molecule has 0 aliphatic rings. The summed E-state index contributed by atoms with van der Waals surface area (Å²) in [7, 11) is 0. The monoisotopic (exact) mass is 241 g/mol. The number of anilines is 1. The summed E-state index contributed by atoms with van der Waals surface area (Å²) in [5.74, 6) is -0.482. The number of hydrogen-bond donors (Lipinski definition) is 1. The van der Waals surface area contributed by atoms with Crippen LogP contribution in [0.2, 0.25) is 5.15 Å². The second-order valence-electron chi connectivity index (χ2n) is 4.68. The van der Waals surface area contributed by atoms with E-state index in [9.17, 15) is 4.39 Å². The minimum Gasteiger partial charge on any atom is -0.367 e. The lowest BCUT2D eigenvalue weighted by Gasteiger charge is -2.19. The van der Waals surface area contributed by atoms with Crippen LogP contribution >= 0.6 is 11.6 Å². The molecule has 0 fully saturated rings. The SMILES string of the molecule is CC(C)(C)CNc1nc(Cl)c(C#N)cc1F. The third kappa shape index (κ3) is 3.35. The predicted molar refractivity (Wildman–Crippen MR) is 61.9 cm³/mol. The maximum Gasteiger partial charge on any atom is 0.166 e. The first-order chi connectivity index (χ1) is 7.33. The standard InChI is InChI=1S/C11H13ClFN3/c1-11(2,3)6-15-10-8(13)4-7(5-14)9(12)16-10/h4H,6H2,1-3H3,(H,15,16). The summed E-state index contributed by atoms with van der Waals surface area (Å²) in [5, 5.41) is 11.5. The van der Waals surface area contributed by atoms with Crippen LogP contribution in [0, 0.1) is 22.6 Å². The van der Waals surface area contributed by atoms with E-state index in [1.165, 1.54) is 0 Å². The van der Waals surface area contributed by atoms with Gasteiger partial charge in [0.15, 0.2) is 11.6 Å². The van der Waals surface area contributed by atoms with Crippen LogP contribution in [0.4, 0.5) is 10.2 Å². The molecule has 1 heterocycles. The zero-order valence-electron chi connectivity index (χ0n) is 9.43. The van der Waals surface area contributed by atoms with Crippen LogP contribution < -0.4 is 5.32 Å². The van der Waals surface area contributed by atoms with Crippen LogP contribution in [0.5, 0.6) is 0 Å². The highest BCUT2D eigenvalue weighted by Gasteiger charge is 2.14. The number of aromatic nitrogens is 1. The Hall–Kier alpha value is -1.34. The van der Waals surface area contributed by atoms with Crippen molar-refractivity contribution in [1.82, 2.24) is 4.98 Å². The lowest BCUT2D eigenvalue weighted by molar-refractivity contribution is 0.441. The van der Waals surface area contributed by atoms with E-state index in [2.05, 4.69) is 10.3 Å². The molecule has 0 radical (unpaired) electrons. The fourth-order valence-electron chi connectivity index (χ4n) is 1.02. The van der Waals surface area contributed by atoms with Gasteiger partial charge in [-0.15, -0.1) is 0 Å². The molecular weight excluding hydrogens is 229 g/mol. The largest absolute Gasteiger partial charge is 0.367 e. The van der Waals surface area contributed by atoms with Gasteiger partial charge in [0.2, 0.25) is 0 Å². The molecule has 1 aromatic heterocycles. The third-order valence-electron chi connectivity index (χ3n) is 1.84. The summed E-state index contributed by atoms with van der Waals surface area (Å²) < 4.78 is 13.5. The van der Waals surface area contributed by atoms with Crippen molar-refractivity contribution in [3.63, 3.8) is 0 Å². The first-order valence-electron chi connectivity index (χ1n) is 4.83. The zero-order chi connectivity index (χ0) is 12.3. The Bertz CT molecular complexity index is 432. The molecule has 0 amide bonds. The van der Waals surface area contributed by atoms with Gasteiger partial charge in [0.1, 0.15) is 11.2 Å². The Balaban J connectivity index is 2.91. The van der Waals surface area contributed by atoms with Crippen molar-refractivity contribution in [3.05, 3.63) is 22.6 Å². The van der Waals surface area contributed by atoms with Gasteiger partial charge in [-0.25, -0.2) is 9.37 Å². The first kappa shape index (κ1) is 12.7. The van der Waals surface area contributed by atoms with Crippen molar-refractivity contribution >= 4 is 17.4 Å². The summed E-state index contributed by atoms with van der Waals surface area (Å²) in [6, 6.07) is 2.86. The van der Waals surface area contributed by atoms with Crippen LogP contribution in [0.1, 0.15) is 26.3 Å². The summed E-state index contributed by atoms with van der Waals surface area (Å²) in [5.41, 5.74) is 0.0505. The molecular formula is C11H13ClFN3. The van der Waals surface area contributed by atoms with E-state index >= 15 is 0 Å². The Kier molecular flexibility index (Phi) is 3.71. The highest BCUT2D eigenvalue weighted by atomic mass is 35.5. The molecule has 1 rings (SSSR count). The van der Waals surface area contributed by atoms with Crippen molar-refractivity contribution < 1.29 is 4.39 Å². The van der Waals surface area contributed by atoms with E-state index in [1.54, 1.807) is 6.07 Å². The van der Waals surface area contributed by atoms with E-state index in [0.29, 0.717) is 6.54 Å². The van der Waals surface area contributed by atoms with Crippen molar-refractivity contribution in [2.24, 2.45) is 5.41 Å². The zero-order valence-corrected chi connectivity index (χ0v) is 10.2. The Morgan fingerprint density at radius 1 is 1.56 bits per heavy atom. The number of nitriles is 1. The smallest absolute Gasteiger partial charge is 0.166 e. The molecule has 3 nitrogen and oxygen atoms in total. The number of nitrogens with one attached hydrogen (secondary N) is 1.